The van der Waals surface area contributed by atoms with E-state index in [1.54, 1.807) is 0 Å². The van der Waals surface area contributed by atoms with E-state index < -0.39 is 11.5 Å². The molecule has 0 heterocycles. The van der Waals surface area contributed by atoms with Crippen LogP contribution in [0.3, 0.4) is 0 Å². The van der Waals surface area contributed by atoms with Gasteiger partial charge in [0.05, 0.1) is 6.54 Å². The molecule has 0 aliphatic carbocycles. The molecule has 4 aromatic rings. The second-order valence-corrected chi connectivity index (χ2v) is 10.6. The van der Waals surface area contributed by atoms with Crippen molar-refractivity contribution in [1.29, 1.82) is 0 Å². The Hall–Kier alpha value is -4.13. The third-order valence-corrected chi connectivity index (χ3v) is 7.61. The first-order valence-electron chi connectivity index (χ1n) is 14.6. The van der Waals surface area contributed by atoms with Crippen molar-refractivity contribution < 1.29 is 14.3 Å². The Labute approximate surface area is 261 Å². The quantitative estimate of drug-likeness (QED) is 0.166. The van der Waals surface area contributed by atoms with Gasteiger partial charge in [-0.25, -0.2) is 4.79 Å². The zero-order chi connectivity index (χ0) is 29.5. The summed E-state index contributed by atoms with van der Waals surface area (Å²) in [4.78, 5) is 27.5. The summed E-state index contributed by atoms with van der Waals surface area (Å²) >= 11 is 0. The third-order valence-electron chi connectivity index (χ3n) is 7.61. The molecule has 0 fully saturated rings. The van der Waals surface area contributed by atoms with Gasteiger partial charge in [0, 0.05) is 18.5 Å². The van der Waals surface area contributed by atoms with E-state index in [0.29, 0.717) is 6.54 Å². The normalized spacial score (nSPS) is 10.9. The van der Waals surface area contributed by atoms with E-state index in [2.05, 4.69) is 71.1 Å². The first-order chi connectivity index (χ1) is 20.5. The number of carbonyl (C=O) groups excluding carboxylic acids is 2. The highest BCUT2D eigenvalue weighted by Gasteiger charge is 2.34. The largest absolute Gasteiger partial charge is 0.445 e. The molecule has 2 amide bonds. The van der Waals surface area contributed by atoms with Gasteiger partial charge in [-0.3, -0.25) is 4.79 Å². The monoisotopic (exact) mass is 599 g/mol. The molecule has 43 heavy (non-hydrogen) atoms. The fourth-order valence-electron chi connectivity index (χ4n) is 5.23. The van der Waals surface area contributed by atoms with Crippen molar-refractivity contribution in [2.24, 2.45) is 0 Å². The van der Waals surface area contributed by atoms with Gasteiger partial charge in [0.15, 0.2) is 0 Å². The average Bonchev–Trinajstić information content (AvgIpc) is 3.05. The lowest BCUT2D eigenvalue weighted by Gasteiger charge is -2.36. The van der Waals surface area contributed by atoms with Gasteiger partial charge in [-0.15, -0.1) is 12.4 Å². The molecule has 4 rings (SSSR count). The molecule has 4 aromatic carbocycles. The molecule has 0 spiro atoms. The molecule has 2 N–H and O–H groups in total. The molecule has 0 aromatic heterocycles. The lowest BCUT2D eigenvalue weighted by molar-refractivity contribution is -0.120. The molecule has 0 aliphatic heterocycles. The van der Waals surface area contributed by atoms with Crippen LogP contribution in [-0.2, 0) is 28.0 Å². The summed E-state index contributed by atoms with van der Waals surface area (Å²) in [6.45, 7) is 2.33. The highest BCUT2D eigenvalue weighted by molar-refractivity contribution is 5.85. The van der Waals surface area contributed by atoms with Crippen molar-refractivity contribution in [3.8, 4) is 0 Å². The molecule has 0 atom stereocenters. The number of alkyl carbamates (subject to hydrolysis) is 1. The number of carbonyl (C=O) groups is 2. The van der Waals surface area contributed by atoms with E-state index in [4.69, 9.17) is 4.74 Å². The van der Waals surface area contributed by atoms with Crippen LogP contribution in [0.4, 0.5) is 4.79 Å². The van der Waals surface area contributed by atoms with Crippen LogP contribution in [0.1, 0.15) is 35.1 Å². The van der Waals surface area contributed by atoms with Crippen LogP contribution >= 0.6 is 12.4 Å². The third kappa shape index (κ3) is 10.6. The fourth-order valence-corrected chi connectivity index (χ4v) is 5.23. The molecule has 6 nitrogen and oxygen atoms in total. The Morgan fingerprint density at radius 2 is 1.21 bits per heavy atom. The number of hydrogen-bond donors (Lipinski definition) is 2. The van der Waals surface area contributed by atoms with E-state index in [0.717, 1.165) is 49.0 Å². The van der Waals surface area contributed by atoms with Crippen LogP contribution in [0, 0.1) is 0 Å². The van der Waals surface area contributed by atoms with E-state index >= 15 is 0 Å². The van der Waals surface area contributed by atoms with Crippen molar-refractivity contribution in [2.45, 2.75) is 31.3 Å². The van der Waals surface area contributed by atoms with Crippen LogP contribution in [0.15, 0.2) is 121 Å². The molecule has 0 aliphatic rings. The van der Waals surface area contributed by atoms with Crippen LogP contribution in [-0.4, -0.2) is 50.1 Å². The number of hydrogen-bond acceptors (Lipinski definition) is 4. The molecule has 0 bridgehead atoms. The molecule has 7 heteroatoms. The summed E-state index contributed by atoms with van der Waals surface area (Å²) in [6, 6.07) is 40.8. The number of ether oxygens (including phenoxy) is 1. The molecule has 0 radical (unpaired) electrons. The number of nitrogens with one attached hydrogen (secondary N) is 2. The maximum absolute atomic E-state index is 12.9. The van der Waals surface area contributed by atoms with Crippen LogP contribution < -0.4 is 10.6 Å². The summed E-state index contributed by atoms with van der Waals surface area (Å²) in [7, 11) is 2.17. The van der Waals surface area contributed by atoms with Gasteiger partial charge in [-0.05, 0) is 55.1 Å². The van der Waals surface area contributed by atoms with Crippen molar-refractivity contribution >= 4 is 24.4 Å². The van der Waals surface area contributed by atoms with Crippen LogP contribution in [0.2, 0.25) is 0 Å². The van der Waals surface area contributed by atoms with Gasteiger partial charge in [0.25, 0.3) is 0 Å². The van der Waals surface area contributed by atoms with Gasteiger partial charge in [-0.1, -0.05) is 121 Å². The van der Waals surface area contributed by atoms with Crippen molar-refractivity contribution in [1.82, 2.24) is 15.5 Å². The van der Waals surface area contributed by atoms with E-state index in [1.165, 1.54) is 5.56 Å². The minimum atomic E-state index is -0.620. The number of amides is 2. The number of benzene rings is 4. The number of likely N-dealkylation sites (N-methyl/N-ethyl adjacent to an activating group) is 1. The maximum atomic E-state index is 12.9. The van der Waals surface area contributed by atoms with Gasteiger partial charge >= 0.3 is 6.09 Å². The molecule has 0 saturated heterocycles. The van der Waals surface area contributed by atoms with E-state index in [1.807, 2.05) is 72.8 Å². The highest BCUT2D eigenvalue weighted by atomic mass is 35.5. The van der Waals surface area contributed by atoms with Crippen LogP contribution in [0.5, 0.6) is 0 Å². The number of rotatable bonds is 15. The summed E-state index contributed by atoms with van der Waals surface area (Å²) < 4.78 is 5.25. The highest BCUT2D eigenvalue weighted by Crippen LogP contribution is 2.36. The topological polar surface area (TPSA) is 70.7 Å². The van der Waals surface area contributed by atoms with Crippen molar-refractivity contribution in [3.63, 3.8) is 0 Å². The predicted octanol–water partition coefficient (Wildman–Crippen LogP) is 6.39. The molecular weight excluding hydrogens is 558 g/mol. The molecular formula is C36H42ClN3O3. The lowest BCUT2D eigenvalue weighted by Crippen LogP contribution is -2.45. The zero-order valence-corrected chi connectivity index (χ0v) is 25.6. The van der Waals surface area contributed by atoms with Gasteiger partial charge in [0.2, 0.25) is 5.91 Å². The minimum Gasteiger partial charge on any atom is -0.445 e. The zero-order valence-electron chi connectivity index (χ0n) is 24.8. The Bertz CT molecular complexity index is 1320. The smallest absolute Gasteiger partial charge is 0.407 e. The first kappa shape index (κ1) is 33.4. The molecule has 226 valence electrons. The SMILES string of the molecule is CN(CCCC(CNC(=O)CNC(=O)OCc1ccccc1)(c1ccccc1)c1ccccc1)CCc1ccccc1.Cl. The maximum Gasteiger partial charge on any atom is 0.407 e. The van der Waals surface area contributed by atoms with Gasteiger partial charge in [-0.2, -0.15) is 0 Å². The predicted molar refractivity (Wildman–Crippen MR) is 175 cm³/mol. The Kier molecular flexibility index (Phi) is 13.8. The summed E-state index contributed by atoms with van der Waals surface area (Å²) in [5.74, 6) is -0.261. The lowest BCUT2D eigenvalue weighted by atomic mass is 9.71. The first-order valence-corrected chi connectivity index (χ1v) is 14.6. The molecule has 0 saturated carbocycles. The standard InChI is InChI=1S/C36H41N3O3.ClH/c1-39(26-23-30-15-6-2-7-16-30)25-14-24-36(32-19-10-4-11-20-32,33-21-12-5-13-22-33)29-38-34(40)27-37-35(41)42-28-31-17-8-3-9-18-31;/h2-13,15-22H,14,23-29H2,1H3,(H,37,41)(H,38,40);1H. The fraction of sp³-hybridized carbons (Fsp3) is 0.278. The minimum absolute atomic E-state index is 0. The summed E-state index contributed by atoms with van der Waals surface area (Å²) in [6.07, 6.45) is 2.19. The Balaban J connectivity index is 0.00000506. The van der Waals surface area contributed by atoms with Gasteiger partial charge in [0.1, 0.15) is 6.61 Å². The van der Waals surface area contributed by atoms with E-state index in [-0.39, 0.29) is 31.5 Å². The Morgan fingerprint density at radius 3 is 1.77 bits per heavy atom. The Morgan fingerprint density at radius 1 is 0.698 bits per heavy atom. The second-order valence-electron chi connectivity index (χ2n) is 10.6. The molecule has 0 unspecified atom stereocenters. The average molecular weight is 600 g/mol. The summed E-state index contributed by atoms with van der Waals surface area (Å²) in [5.41, 5.74) is 4.11. The van der Waals surface area contributed by atoms with Crippen molar-refractivity contribution in [2.75, 3.05) is 33.2 Å². The summed E-state index contributed by atoms with van der Waals surface area (Å²) in [5, 5.41) is 5.69. The second kappa shape index (κ2) is 17.7. The van der Waals surface area contributed by atoms with Crippen LogP contribution in [0.25, 0.3) is 0 Å². The van der Waals surface area contributed by atoms with E-state index in [9.17, 15) is 9.59 Å². The van der Waals surface area contributed by atoms with Gasteiger partial charge < -0.3 is 20.3 Å². The van der Waals surface area contributed by atoms with Crippen molar-refractivity contribution in [3.05, 3.63) is 144 Å². The number of nitrogens with zero attached hydrogens (tertiary/aromatic N) is 1. The number of halogens is 1.